The second-order valence-corrected chi connectivity index (χ2v) is 7.25. The van der Waals surface area contributed by atoms with Crippen molar-refractivity contribution in [1.29, 1.82) is 0 Å². The van der Waals surface area contributed by atoms with E-state index in [4.69, 9.17) is 9.47 Å². The standard InChI is InChI=1S/C18H29N3O2S/c1-4-19-18(21-13-17-9-6-10-24-17)20-12-14(2)23-16-8-5-7-15(11-16)22-3/h5,7-8,11,14,17H,4,6,9-10,12-13H2,1-3H3,(H2,19,20,21). The van der Waals surface area contributed by atoms with Crippen molar-refractivity contribution in [2.75, 3.05) is 32.5 Å². The van der Waals surface area contributed by atoms with Crippen LogP contribution in [0.3, 0.4) is 0 Å². The SMILES string of the molecule is CCNC(=NCC(C)Oc1cccc(OC)c1)NCC1CCCS1. The van der Waals surface area contributed by atoms with Crippen molar-refractivity contribution in [3.05, 3.63) is 24.3 Å². The van der Waals surface area contributed by atoms with Crippen molar-refractivity contribution in [1.82, 2.24) is 10.6 Å². The maximum atomic E-state index is 5.92. The highest BCUT2D eigenvalue weighted by molar-refractivity contribution is 8.00. The molecular weight excluding hydrogens is 322 g/mol. The molecule has 0 aliphatic carbocycles. The minimum atomic E-state index is -0.00609. The molecular formula is C18H29N3O2S. The summed E-state index contributed by atoms with van der Waals surface area (Å²) in [5.41, 5.74) is 0. The number of rotatable bonds is 8. The van der Waals surface area contributed by atoms with E-state index in [1.54, 1.807) is 7.11 Å². The van der Waals surface area contributed by atoms with Crippen molar-refractivity contribution in [2.24, 2.45) is 4.99 Å². The molecule has 1 aliphatic rings. The van der Waals surface area contributed by atoms with Gasteiger partial charge in [0.05, 0.1) is 13.7 Å². The maximum Gasteiger partial charge on any atom is 0.191 e. The van der Waals surface area contributed by atoms with Gasteiger partial charge in [-0.15, -0.1) is 0 Å². The van der Waals surface area contributed by atoms with Gasteiger partial charge in [0.25, 0.3) is 0 Å². The van der Waals surface area contributed by atoms with Crippen LogP contribution in [0.25, 0.3) is 0 Å². The Hall–Kier alpha value is -1.56. The van der Waals surface area contributed by atoms with Gasteiger partial charge in [-0.05, 0) is 44.6 Å². The van der Waals surface area contributed by atoms with Gasteiger partial charge in [-0.25, -0.2) is 4.99 Å². The summed E-state index contributed by atoms with van der Waals surface area (Å²) in [7, 11) is 1.66. The average molecular weight is 352 g/mol. The molecule has 1 saturated heterocycles. The summed E-state index contributed by atoms with van der Waals surface area (Å²) in [6.45, 7) is 6.54. The number of aliphatic imine (C=N–C) groups is 1. The van der Waals surface area contributed by atoms with E-state index in [0.29, 0.717) is 11.8 Å². The highest BCUT2D eigenvalue weighted by Crippen LogP contribution is 2.25. The molecule has 0 bridgehead atoms. The number of nitrogens with one attached hydrogen (secondary N) is 2. The molecule has 1 fully saturated rings. The molecule has 0 saturated carbocycles. The smallest absolute Gasteiger partial charge is 0.191 e. The molecule has 6 heteroatoms. The van der Waals surface area contributed by atoms with Crippen molar-refractivity contribution >= 4 is 17.7 Å². The van der Waals surface area contributed by atoms with Crippen molar-refractivity contribution in [2.45, 2.75) is 38.0 Å². The van der Waals surface area contributed by atoms with Crippen LogP contribution in [0.15, 0.2) is 29.3 Å². The lowest BCUT2D eigenvalue weighted by atomic mass is 10.2. The topological polar surface area (TPSA) is 54.9 Å². The number of benzene rings is 1. The van der Waals surface area contributed by atoms with E-state index in [0.717, 1.165) is 30.5 Å². The van der Waals surface area contributed by atoms with E-state index in [1.807, 2.05) is 31.2 Å². The molecule has 2 atom stereocenters. The fourth-order valence-corrected chi connectivity index (χ4v) is 3.72. The van der Waals surface area contributed by atoms with E-state index in [9.17, 15) is 0 Å². The minimum Gasteiger partial charge on any atom is -0.497 e. The van der Waals surface area contributed by atoms with Crippen molar-refractivity contribution < 1.29 is 9.47 Å². The van der Waals surface area contributed by atoms with Crippen LogP contribution in [0.2, 0.25) is 0 Å². The fourth-order valence-electron chi connectivity index (χ4n) is 2.52. The molecule has 134 valence electrons. The third-order valence-electron chi connectivity index (χ3n) is 3.75. The zero-order valence-electron chi connectivity index (χ0n) is 14.9. The first kappa shape index (κ1) is 18.8. The second-order valence-electron chi connectivity index (χ2n) is 5.84. The van der Waals surface area contributed by atoms with Gasteiger partial charge in [-0.1, -0.05) is 6.07 Å². The molecule has 1 aromatic rings. The molecule has 2 N–H and O–H groups in total. The highest BCUT2D eigenvalue weighted by Gasteiger charge is 2.15. The Morgan fingerprint density at radius 1 is 1.38 bits per heavy atom. The Kier molecular flexibility index (Phi) is 8.08. The van der Waals surface area contributed by atoms with Crippen LogP contribution in [0.4, 0.5) is 0 Å². The number of hydrogen-bond donors (Lipinski definition) is 2. The van der Waals surface area contributed by atoms with Crippen LogP contribution in [0.1, 0.15) is 26.7 Å². The average Bonchev–Trinajstić information content (AvgIpc) is 3.11. The zero-order chi connectivity index (χ0) is 17.2. The Balaban J connectivity index is 1.82. The Labute approximate surface area is 149 Å². The lowest BCUT2D eigenvalue weighted by molar-refractivity contribution is 0.229. The predicted octanol–water partition coefficient (Wildman–Crippen LogP) is 2.91. The van der Waals surface area contributed by atoms with Gasteiger partial charge < -0.3 is 20.1 Å². The van der Waals surface area contributed by atoms with E-state index in [1.165, 1.54) is 18.6 Å². The largest absolute Gasteiger partial charge is 0.497 e. The van der Waals surface area contributed by atoms with Crippen LogP contribution in [0, 0.1) is 0 Å². The van der Waals surface area contributed by atoms with Crippen molar-refractivity contribution in [3.63, 3.8) is 0 Å². The summed E-state index contributed by atoms with van der Waals surface area (Å²) in [5.74, 6) is 3.75. The van der Waals surface area contributed by atoms with Crippen LogP contribution in [0.5, 0.6) is 11.5 Å². The summed E-state index contributed by atoms with van der Waals surface area (Å²) < 4.78 is 11.1. The van der Waals surface area contributed by atoms with E-state index in [-0.39, 0.29) is 6.10 Å². The lowest BCUT2D eigenvalue weighted by Gasteiger charge is -2.17. The van der Waals surface area contributed by atoms with Gasteiger partial charge in [0, 0.05) is 24.4 Å². The summed E-state index contributed by atoms with van der Waals surface area (Å²) >= 11 is 2.05. The van der Waals surface area contributed by atoms with Gasteiger partial charge in [-0.3, -0.25) is 0 Å². The Bertz CT molecular complexity index is 519. The third kappa shape index (κ3) is 6.51. The molecule has 1 heterocycles. The summed E-state index contributed by atoms with van der Waals surface area (Å²) in [5, 5.41) is 7.45. The van der Waals surface area contributed by atoms with Gasteiger partial charge in [-0.2, -0.15) is 11.8 Å². The molecule has 5 nitrogen and oxygen atoms in total. The number of guanidine groups is 1. The highest BCUT2D eigenvalue weighted by atomic mass is 32.2. The number of nitrogens with zero attached hydrogens (tertiary/aromatic N) is 1. The molecule has 2 unspecified atom stereocenters. The molecule has 0 spiro atoms. The van der Waals surface area contributed by atoms with Crippen LogP contribution < -0.4 is 20.1 Å². The first-order valence-electron chi connectivity index (χ1n) is 8.65. The summed E-state index contributed by atoms with van der Waals surface area (Å²) in [6, 6.07) is 7.66. The molecule has 0 amide bonds. The Morgan fingerprint density at radius 2 is 2.21 bits per heavy atom. The number of ether oxygens (including phenoxy) is 2. The fraction of sp³-hybridized carbons (Fsp3) is 0.611. The molecule has 24 heavy (non-hydrogen) atoms. The Morgan fingerprint density at radius 3 is 2.92 bits per heavy atom. The first-order chi connectivity index (χ1) is 11.7. The van der Waals surface area contributed by atoms with Gasteiger partial charge in [0.2, 0.25) is 0 Å². The van der Waals surface area contributed by atoms with Gasteiger partial charge in [0.1, 0.15) is 17.6 Å². The van der Waals surface area contributed by atoms with E-state index < -0.39 is 0 Å². The lowest BCUT2D eigenvalue weighted by Crippen LogP contribution is -2.40. The monoisotopic (exact) mass is 351 g/mol. The normalized spacial score (nSPS) is 19.0. The van der Waals surface area contributed by atoms with Gasteiger partial charge >= 0.3 is 0 Å². The minimum absolute atomic E-state index is 0.00609. The van der Waals surface area contributed by atoms with E-state index >= 15 is 0 Å². The second kappa shape index (κ2) is 10.3. The molecule has 2 rings (SSSR count). The maximum absolute atomic E-state index is 5.92. The predicted molar refractivity (Wildman–Crippen MR) is 103 cm³/mol. The molecule has 1 aromatic carbocycles. The third-order valence-corrected chi connectivity index (χ3v) is 5.15. The van der Waals surface area contributed by atoms with Gasteiger partial charge in [0.15, 0.2) is 5.96 Å². The van der Waals surface area contributed by atoms with E-state index in [2.05, 4.69) is 34.3 Å². The number of hydrogen-bond acceptors (Lipinski definition) is 4. The summed E-state index contributed by atoms with van der Waals surface area (Å²) in [4.78, 5) is 4.64. The van der Waals surface area contributed by atoms with Crippen molar-refractivity contribution in [3.8, 4) is 11.5 Å². The molecule has 0 aromatic heterocycles. The number of thioether (sulfide) groups is 1. The zero-order valence-corrected chi connectivity index (χ0v) is 15.7. The van der Waals surface area contributed by atoms with Crippen LogP contribution in [-0.2, 0) is 0 Å². The van der Waals surface area contributed by atoms with Crippen LogP contribution in [-0.4, -0.2) is 49.8 Å². The summed E-state index contributed by atoms with van der Waals surface area (Å²) in [6.07, 6.45) is 2.62. The van der Waals surface area contributed by atoms with Crippen LogP contribution >= 0.6 is 11.8 Å². The number of methoxy groups -OCH3 is 1. The quantitative estimate of drug-likeness (QED) is 0.557. The molecule has 1 aliphatic heterocycles. The first-order valence-corrected chi connectivity index (χ1v) is 9.70. The molecule has 0 radical (unpaired) electrons.